The maximum Gasteiger partial charge on any atom is 0.282 e. The fourth-order valence-corrected chi connectivity index (χ4v) is 2.40. The molecule has 3 rings (SSSR count). The number of rotatable bonds is 6. The van der Waals surface area contributed by atoms with E-state index in [-0.39, 0.29) is 11.6 Å². The van der Waals surface area contributed by atoms with Gasteiger partial charge in [0, 0.05) is 0 Å². The molecule has 0 spiro atoms. The van der Waals surface area contributed by atoms with Gasteiger partial charge >= 0.3 is 0 Å². The zero-order valence-corrected chi connectivity index (χ0v) is 13.9. The van der Waals surface area contributed by atoms with Crippen LogP contribution >= 0.6 is 0 Å². The maximum atomic E-state index is 11.9. The number of nitrogens with one attached hydrogen (secondary N) is 1. The average molecular weight is 352 g/mol. The van der Waals surface area contributed by atoms with Crippen LogP contribution in [0.5, 0.6) is 11.5 Å². The Hall–Kier alpha value is -3.68. The summed E-state index contributed by atoms with van der Waals surface area (Å²) in [4.78, 5) is 29.1. The van der Waals surface area contributed by atoms with E-state index in [1.165, 1.54) is 7.11 Å². The third-order valence-corrected chi connectivity index (χ3v) is 3.69. The van der Waals surface area contributed by atoms with Crippen LogP contribution in [0.2, 0.25) is 0 Å². The lowest BCUT2D eigenvalue weighted by Crippen LogP contribution is -2.12. The van der Waals surface area contributed by atoms with Crippen molar-refractivity contribution in [3.8, 4) is 22.9 Å². The van der Waals surface area contributed by atoms with E-state index in [0.29, 0.717) is 23.7 Å². The first-order chi connectivity index (χ1) is 12.6. The number of nitrogens with zero attached hydrogens (tertiary/aromatic N) is 2. The zero-order chi connectivity index (χ0) is 18.5. The maximum absolute atomic E-state index is 11.9. The molecule has 0 radical (unpaired) electrons. The summed E-state index contributed by atoms with van der Waals surface area (Å²) >= 11 is 0. The van der Waals surface area contributed by atoms with Gasteiger partial charge in [0.05, 0.1) is 12.7 Å². The molecule has 0 aliphatic carbocycles. The molecule has 1 aromatic heterocycles. The van der Waals surface area contributed by atoms with Crippen LogP contribution < -0.4 is 20.8 Å². The smallest absolute Gasteiger partial charge is 0.282 e. The molecule has 8 heteroatoms. The van der Waals surface area contributed by atoms with Gasteiger partial charge in [0.1, 0.15) is 23.9 Å². The van der Waals surface area contributed by atoms with Crippen LogP contribution in [0, 0.1) is 4.91 Å². The Morgan fingerprint density at radius 3 is 2.62 bits per heavy atom. The van der Waals surface area contributed by atoms with E-state index in [1.807, 2.05) is 30.3 Å². The van der Waals surface area contributed by atoms with Gasteiger partial charge in [-0.2, -0.15) is 0 Å². The number of nitrogens with two attached hydrogens (primary N) is 1. The van der Waals surface area contributed by atoms with Crippen molar-refractivity contribution in [1.82, 2.24) is 9.97 Å². The average Bonchev–Trinajstić information content (AvgIpc) is 2.66. The Morgan fingerprint density at radius 1 is 1.19 bits per heavy atom. The van der Waals surface area contributed by atoms with Crippen LogP contribution in [0.3, 0.4) is 0 Å². The summed E-state index contributed by atoms with van der Waals surface area (Å²) in [5, 5.41) is 2.59. The third-order valence-electron chi connectivity index (χ3n) is 3.69. The number of anilines is 1. The number of H-pyrrole nitrogens is 1. The van der Waals surface area contributed by atoms with Gasteiger partial charge in [0.15, 0.2) is 5.82 Å². The second-order valence-electron chi connectivity index (χ2n) is 5.38. The first-order valence-corrected chi connectivity index (χ1v) is 7.70. The molecule has 1 heterocycles. The molecule has 0 unspecified atom stereocenters. The summed E-state index contributed by atoms with van der Waals surface area (Å²) in [5.41, 5.74) is 5.95. The zero-order valence-electron chi connectivity index (χ0n) is 13.9. The van der Waals surface area contributed by atoms with E-state index in [0.717, 1.165) is 5.56 Å². The minimum atomic E-state index is -0.722. The standard InChI is InChI=1S/C18H16N4O4/c1-25-14-8-7-12(26-10-11-5-3-2-4-6-11)9-13(14)17-20-16(19)15(22-24)18(23)21-17/h2-9H,10H2,1H3,(H3,19,20,21,23). The monoisotopic (exact) mass is 352 g/mol. The molecule has 0 aliphatic heterocycles. The van der Waals surface area contributed by atoms with E-state index >= 15 is 0 Å². The second kappa shape index (κ2) is 7.47. The first kappa shape index (κ1) is 17.2. The first-order valence-electron chi connectivity index (χ1n) is 7.70. The highest BCUT2D eigenvalue weighted by Crippen LogP contribution is 2.32. The lowest BCUT2D eigenvalue weighted by atomic mass is 10.1. The van der Waals surface area contributed by atoms with E-state index in [9.17, 15) is 9.70 Å². The number of aromatic amines is 1. The molecule has 3 N–H and O–H groups in total. The SMILES string of the molecule is COc1ccc(OCc2ccccc2)cc1-c1nc(N)c(N=O)c(=O)[nH]1. The fraction of sp³-hybridized carbons (Fsp3) is 0.111. The molecule has 26 heavy (non-hydrogen) atoms. The minimum Gasteiger partial charge on any atom is -0.496 e. The molecule has 0 atom stereocenters. The summed E-state index contributed by atoms with van der Waals surface area (Å²) < 4.78 is 11.1. The van der Waals surface area contributed by atoms with Crippen LogP contribution in [-0.4, -0.2) is 17.1 Å². The summed E-state index contributed by atoms with van der Waals surface area (Å²) in [6.45, 7) is 0.382. The summed E-state index contributed by atoms with van der Waals surface area (Å²) in [5.74, 6) is 0.924. The van der Waals surface area contributed by atoms with Crippen molar-refractivity contribution < 1.29 is 9.47 Å². The molecule has 132 valence electrons. The van der Waals surface area contributed by atoms with Crippen molar-refractivity contribution >= 4 is 11.5 Å². The largest absolute Gasteiger partial charge is 0.496 e. The molecule has 0 bridgehead atoms. The van der Waals surface area contributed by atoms with Crippen molar-refractivity contribution in [2.45, 2.75) is 6.61 Å². The highest BCUT2D eigenvalue weighted by Gasteiger charge is 2.15. The Kier molecular flexibility index (Phi) is 4.93. The molecule has 8 nitrogen and oxygen atoms in total. The summed E-state index contributed by atoms with van der Waals surface area (Å²) in [7, 11) is 1.49. The molecule has 0 saturated heterocycles. The minimum absolute atomic E-state index is 0.155. The van der Waals surface area contributed by atoms with Crippen LogP contribution in [-0.2, 0) is 6.61 Å². The van der Waals surface area contributed by atoms with Crippen molar-refractivity contribution in [3.63, 3.8) is 0 Å². The van der Waals surface area contributed by atoms with Gasteiger partial charge < -0.3 is 20.2 Å². The molecule has 0 saturated carbocycles. The molecular formula is C18H16N4O4. The summed E-state index contributed by atoms with van der Waals surface area (Å²) in [6, 6.07) is 14.8. The second-order valence-corrected chi connectivity index (χ2v) is 5.38. The molecule has 0 amide bonds. The lowest BCUT2D eigenvalue weighted by molar-refractivity contribution is 0.305. The van der Waals surface area contributed by atoms with Gasteiger partial charge in [0.2, 0.25) is 5.69 Å². The van der Waals surface area contributed by atoms with Gasteiger partial charge in [-0.3, -0.25) is 4.79 Å². The lowest BCUT2D eigenvalue weighted by Gasteiger charge is -2.12. The van der Waals surface area contributed by atoms with Crippen LogP contribution in [0.1, 0.15) is 5.56 Å². The predicted molar refractivity (Wildman–Crippen MR) is 97.5 cm³/mol. The van der Waals surface area contributed by atoms with E-state index in [2.05, 4.69) is 15.1 Å². The number of nitroso groups, excluding NO2 is 1. The van der Waals surface area contributed by atoms with E-state index in [4.69, 9.17) is 15.2 Å². The fourth-order valence-electron chi connectivity index (χ4n) is 2.40. The number of nitrogen functional groups attached to an aromatic ring is 1. The van der Waals surface area contributed by atoms with E-state index in [1.54, 1.807) is 18.2 Å². The Labute approximate surface area is 148 Å². The number of benzene rings is 2. The number of aromatic nitrogens is 2. The van der Waals surface area contributed by atoms with Crippen LogP contribution in [0.4, 0.5) is 11.5 Å². The molecule has 2 aromatic carbocycles. The van der Waals surface area contributed by atoms with Crippen LogP contribution in [0.15, 0.2) is 58.5 Å². The van der Waals surface area contributed by atoms with Gasteiger partial charge in [-0.1, -0.05) is 30.3 Å². The van der Waals surface area contributed by atoms with Crippen molar-refractivity contribution in [1.29, 1.82) is 0 Å². The quantitative estimate of drug-likeness (QED) is 0.658. The summed E-state index contributed by atoms with van der Waals surface area (Å²) in [6.07, 6.45) is 0. The number of hydrogen-bond donors (Lipinski definition) is 2. The van der Waals surface area contributed by atoms with E-state index < -0.39 is 11.2 Å². The van der Waals surface area contributed by atoms with Crippen molar-refractivity contribution in [2.75, 3.05) is 12.8 Å². The Balaban J connectivity index is 1.96. The van der Waals surface area contributed by atoms with Gasteiger partial charge in [-0.05, 0) is 28.9 Å². The van der Waals surface area contributed by atoms with Gasteiger partial charge in [-0.15, -0.1) is 4.91 Å². The topological polar surface area (TPSA) is 120 Å². The molecule has 0 fully saturated rings. The van der Waals surface area contributed by atoms with Crippen LogP contribution in [0.25, 0.3) is 11.4 Å². The highest BCUT2D eigenvalue weighted by atomic mass is 16.5. The molecule has 0 aliphatic rings. The van der Waals surface area contributed by atoms with Gasteiger partial charge in [0.25, 0.3) is 5.56 Å². The molecule has 3 aromatic rings. The van der Waals surface area contributed by atoms with Gasteiger partial charge in [-0.25, -0.2) is 4.98 Å². The predicted octanol–water partition coefficient (Wildman–Crippen LogP) is 3.00. The Morgan fingerprint density at radius 2 is 1.96 bits per heavy atom. The highest BCUT2D eigenvalue weighted by molar-refractivity contribution is 5.69. The third kappa shape index (κ3) is 3.54. The number of ether oxygens (including phenoxy) is 2. The molecular weight excluding hydrogens is 336 g/mol. The number of methoxy groups -OCH3 is 1. The van der Waals surface area contributed by atoms with Crippen molar-refractivity contribution in [2.24, 2.45) is 5.18 Å². The Bertz CT molecular complexity index is 986. The number of hydrogen-bond acceptors (Lipinski definition) is 7. The van der Waals surface area contributed by atoms with Crippen molar-refractivity contribution in [3.05, 3.63) is 69.4 Å². The normalized spacial score (nSPS) is 10.3.